The number of nitrogens with one attached hydrogen (secondary N) is 1. The number of aromatic nitrogens is 2. The maximum atomic E-state index is 12.3. The summed E-state index contributed by atoms with van der Waals surface area (Å²) in [7, 11) is 0. The van der Waals surface area contributed by atoms with Gasteiger partial charge in [0.15, 0.2) is 11.7 Å². The third-order valence-corrected chi connectivity index (χ3v) is 3.07. The Balaban J connectivity index is 2.01. The van der Waals surface area contributed by atoms with Crippen molar-refractivity contribution in [1.29, 1.82) is 0 Å². The van der Waals surface area contributed by atoms with Crippen molar-refractivity contribution >= 4 is 23.5 Å². The van der Waals surface area contributed by atoms with Crippen molar-refractivity contribution in [3.8, 4) is 0 Å². The predicted molar refractivity (Wildman–Crippen MR) is 71.8 cm³/mol. The molecule has 3 rings (SSSR count). The number of nitrogens with zero attached hydrogens (tertiary/aromatic N) is 4. The Labute approximate surface area is 115 Å². The van der Waals surface area contributed by atoms with Crippen molar-refractivity contribution in [2.75, 3.05) is 5.01 Å². The van der Waals surface area contributed by atoms with Crippen molar-refractivity contribution in [3.05, 3.63) is 29.2 Å². The van der Waals surface area contributed by atoms with E-state index < -0.39 is 11.8 Å². The van der Waals surface area contributed by atoms with Gasteiger partial charge >= 0.3 is 0 Å². The van der Waals surface area contributed by atoms with Gasteiger partial charge < -0.3 is 0 Å². The van der Waals surface area contributed by atoms with Crippen LogP contribution in [0.4, 0.5) is 5.95 Å². The van der Waals surface area contributed by atoms with Crippen LogP contribution in [-0.4, -0.2) is 27.5 Å². The van der Waals surface area contributed by atoms with Gasteiger partial charge in [-0.25, -0.2) is 15.0 Å². The van der Waals surface area contributed by atoms with Gasteiger partial charge in [0.05, 0.1) is 0 Å². The number of amides is 1. The molecule has 1 amide bonds. The number of aliphatic imine (C=N–C) groups is 1. The van der Waals surface area contributed by atoms with E-state index in [-0.39, 0.29) is 11.7 Å². The molecule has 1 fully saturated rings. The number of anilines is 1. The van der Waals surface area contributed by atoms with Gasteiger partial charge in [-0.2, -0.15) is 5.01 Å². The van der Waals surface area contributed by atoms with Crippen LogP contribution >= 0.6 is 0 Å². The summed E-state index contributed by atoms with van der Waals surface area (Å²) in [5.74, 6) is -1.000. The van der Waals surface area contributed by atoms with Crippen molar-refractivity contribution in [2.45, 2.75) is 20.8 Å². The number of ketones is 1. The van der Waals surface area contributed by atoms with E-state index >= 15 is 0 Å². The maximum absolute atomic E-state index is 12.3. The summed E-state index contributed by atoms with van der Waals surface area (Å²) in [6.45, 7) is 5.35. The molecule has 0 radical (unpaired) electrons. The first-order valence-corrected chi connectivity index (χ1v) is 6.19. The molecule has 2 aliphatic rings. The predicted octanol–water partition coefficient (Wildman–Crippen LogP) is 0.446. The number of amidine groups is 1. The molecule has 1 atom stereocenters. The van der Waals surface area contributed by atoms with E-state index in [0.717, 1.165) is 11.4 Å². The molecule has 0 spiro atoms. The minimum atomic E-state index is -0.900. The molecule has 1 aromatic heterocycles. The van der Waals surface area contributed by atoms with Crippen molar-refractivity contribution in [3.63, 3.8) is 0 Å². The molecule has 1 N–H and O–H groups in total. The SMILES string of the molecule is CC1=CC(=O)C2C(=O)N(c3nc(C)cc(C)n3)NC2=N1. The summed E-state index contributed by atoms with van der Waals surface area (Å²) in [4.78, 5) is 36.9. The molecule has 1 unspecified atom stereocenters. The number of rotatable bonds is 1. The minimum absolute atomic E-state index is 0.232. The normalized spacial score (nSPS) is 21.4. The number of aryl methyl sites for hydroxylation is 2. The first-order chi connectivity index (χ1) is 9.45. The summed E-state index contributed by atoms with van der Waals surface area (Å²) in [5.41, 5.74) is 4.89. The Morgan fingerprint density at radius 3 is 2.45 bits per heavy atom. The molecule has 0 aliphatic carbocycles. The third-order valence-electron chi connectivity index (χ3n) is 3.07. The van der Waals surface area contributed by atoms with Gasteiger partial charge in [-0.15, -0.1) is 0 Å². The molecular weight excluding hydrogens is 258 g/mol. The van der Waals surface area contributed by atoms with Crippen molar-refractivity contribution < 1.29 is 9.59 Å². The van der Waals surface area contributed by atoms with Crippen LogP contribution in [0.15, 0.2) is 22.8 Å². The van der Waals surface area contributed by atoms with Crippen LogP contribution in [0.1, 0.15) is 18.3 Å². The highest BCUT2D eigenvalue weighted by Crippen LogP contribution is 2.23. The van der Waals surface area contributed by atoms with Crippen molar-refractivity contribution in [2.24, 2.45) is 10.9 Å². The van der Waals surface area contributed by atoms with Gasteiger partial charge in [0.2, 0.25) is 0 Å². The lowest BCUT2D eigenvalue weighted by Crippen LogP contribution is -2.37. The van der Waals surface area contributed by atoms with Gasteiger partial charge in [-0.3, -0.25) is 15.0 Å². The molecule has 102 valence electrons. The molecule has 3 heterocycles. The summed E-state index contributed by atoms with van der Waals surface area (Å²) < 4.78 is 0. The van der Waals surface area contributed by atoms with Crippen LogP contribution in [0.2, 0.25) is 0 Å². The average molecular weight is 271 g/mol. The molecule has 1 aromatic rings. The molecule has 7 heteroatoms. The fraction of sp³-hybridized carbons (Fsp3) is 0.308. The Kier molecular flexibility index (Phi) is 2.63. The summed E-state index contributed by atoms with van der Waals surface area (Å²) in [6.07, 6.45) is 1.37. The molecular formula is C13H13N5O2. The lowest BCUT2D eigenvalue weighted by atomic mass is 10.00. The average Bonchev–Trinajstić information content (AvgIpc) is 2.65. The Morgan fingerprint density at radius 1 is 1.15 bits per heavy atom. The third kappa shape index (κ3) is 1.87. The summed E-state index contributed by atoms with van der Waals surface area (Å²) >= 11 is 0. The van der Waals surface area contributed by atoms with Gasteiger partial charge in [-0.1, -0.05) is 0 Å². The Morgan fingerprint density at radius 2 is 1.80 bits per heavy atom. The van der Waals surface area contributed by atoms with Crippen LogP contribution < -0.4 is 10.4 Å². The summed E-state index contributed by atoms with van der Waals surface area (Å²) in [6, 6.07) is 1.81. The maximum Gasteiger partial charge on any atom is 0.267 e. The molecule has 20 heavy (non-hydrogen) atoms. The minimum Gasteiger partial charge on any atom is -0.293 e. The van der Waals surface area contributed by atoms with E-state index in [9.17, 15) is 9.59 Å². The first kappa shape index (κ1) is 12.5. The fourth-order valence-corrected chi connectivity index (χ4v) is 2.29. The monoisotopic (exact) mass is 271 g/mol. The Hall–Kier alpha value is -2.57. The van der Waals surface area contributed by atoms with Crippen LogP contribution in [-0.2, 0) is 9.59 Å². The highest BCUT2D eigenvalue weighted by molar-refractivity contribution is 6.31. The molecule has 0 bridgehead atoms. The number of hydrogen-bond donors (Lipinski definition) is 1. The second kappa shape index (κ2) is 4.22. The smallest absolute Gasteiger partial charge is 0.267 e. The highest BCUT2D eigenvalue weighted by Gasteiger charge is 2.45. The van der Waals surface area contributed by atoms with Gasteiger partial charge in [0.25, 0.3) is 11.9 Å². The van der Waals surface area contributed by atoms with Gasteiger partial charge in [-0.05, 0) is 26.8 Å². The molecule has 0 aromatic carbocycles. The molecule has 0 saturated carbocycles. The van der Waals surface area contributed by atoms with Crippen molar-refractivity contribution in [1.82, 2.24) is 15.4 Å². The number of carbonyl (C=O) groups excluding carboxylic acids is 2. The van der Waals surface area contributed by atoms with E-state index in [0.29, 0.717) is 11.5 Å². The van der Waals surface area contributed by atoms with Gasteiger partial charge in [0.1, 0.15) is 5.84 Å². The topological polar surface area (TPSA) is 87.5 Å². The number of hydrazine groups is 1. The van der Waals surface area contributed by atoms with Crippen LogP contribution in [0, 0.1) is 19.8 Å². The van der Waals surface area contributed by atoms with E-state index in [4.69, 9.17) is 0 Å². The zero-order valence-electron chi connectivity index (χ0n) is 11.3. The quantitative estimate of drug-likeness (QED) is 0.749. The largest absolute Gasteiger partial charge is 0.293 e. The zero-order chi connectivity index (χ0) is 14.4. The standard InChI is InChI=1S/C13H13N5O2/c1-6-4-7(2)16-13(15-6)18-12(20)10-9(19)5-8(3)14-11(10)17-18/h4-5,10H,1-3H3,(H,14,17). The lowest BCUT2D eigenvalue weighted by Gasteiger charge is -2.14. The Bertz CT molecular complexity index is 672. The second-order valence-corrected chi connectivity index (χ2v) is 4.85. The molecule has 2 aliphatic heterocycles. The van der Waals surface area contributed by atoms with Crippen LogP contribution in [0.5, 0.6) is 0 Å². The number of hydrogen-bond acceptors (Lipinski definition) is 6. The van der Waals surface area contributed by atoms with E-state index in [1.807, 2.05) is 19.9 Å². The van der Waals surface area contributed by atoms with E-state index in [1.165, 1.54) is 11.1 Å². The van der Waals surface area contributed by atoms with Crippen LogP contribution in [0.3, 0.4) is 0 Å². The highest BCUT2D eigenvalue weighted by atomic mass is 16.2. The first-order valence-electron chi connectivity index (χ1n) is 6.19. The molecule has 1 saturated heterocycles. The van der Waals surface area contributed by atoms with Gasteiger partial charge in [0, 0.05) is 23.2 Å². The number of fused-ring (bicyclic) bond motifs is 1. The van der Waals surface area contributed by atoms with E-state index in [1.54, 1.807) is 6.92 Å². The number of carbonyl (C=O) groups is 2. The lowest BCUT2D eigenvalue weighted by molar-refractivity contribution is -0.126. The number of allylic oxidation sites excluding steroid dienone is 2. The zero-order valence-corrected chi connectivity index (χ0v) is 11.3. The fourth-order valence-electron chi connectivity index (χ4n) is 2.29. The second-order valence-electron chi connectivity index (χ2n) is 4.85. The van der Waals surface area contributed by atoms with Crippen LogP contribution in [0.25, 0.3) is 0 Å². The van der Waals surface area contributed by atoms with E-state index in [2.05, 4.69) is 20.4 Å². The molecule has 7 nitrogen and oxygen atoms in total. The summed E-state index contributed by atoms with van der Waals surface area (Å²) in [5, 5.41) is 1.19.